The lowest BCUT2D eigenvalue weighted by Gasteiger charge is -2.49. The molecule has 1 spiro atoms. The van der Waals surface area contributed by atoms with Crippen molar-refractivity contribution in [3.8, 4) is 0 Å². The second-order valence-corrected chi connectivity index (χ2v) is 7.36. The Morgan fingerprint density at radius 1 is 1.21 bits per heavy atom. The van der Waals surface area contributed by atoms with E-state index in [1.165, 1.54) is 25.7 Å². The van der Waals surface area contributed by atoms with Gasteiger partial charge in [-0.25, -0.2) is 4.98 Å². The molecule has 0 aromatic carbocycles. The summed E-state index contributed by atoms with van der Waals surface area (Å²) in [6.45, 7) is 6.27. The van der Waals surface area contributed by atoms with Gasteiger partial charge in [0, 0.05) is 23.8 Å². The smallest absolute Gasteiger partial charge is 0.128 e. The molecule has 19 heavy (non-hydrogen) atoms. The lowest BCUT2D eigenvalue weighted by atomic mass is 9.94. The van der Waals surface area contributed by atoms with Crippen molar-refractivity contribution in [3.63, 3.8) is 0 Å². The van der Waals surface area contributed by atoms with Gasteiger partial charge in [0.25, 0.3) is 0 Å². The molecule has 1 aromatic rings. The van der Waals surface area contributed by atoms with Crippen LogP contribution in [0.3, 0.4) is 0 Å². The van der Waals surface area contributed by atoms with Gasteiger partial charge in [0.15, 0.2) is 0 Å². The molecule has 1 saturated heterocycles. The summed E-state index contributed by atoms with van der Waals surface area (Å²) in [7, 11) is 0. The Balaban J connectivity index is 1.86. The molecule has 1 aromatic heterocycles. The van der Waals surface area contributed by atoms with Gasteiger partial charge in [-0.2, -0.15) is 0 Å². The van der Waals surface area contributed by atoms with Crippen LogP contribution in [0.15, 0.2) is 22.8 Å². The van der Waals surface area contributed by atoms with Crippen molar-refractivity contribution >= 4 is 21.7 Å². The summed E-state index contributed by atoms with van der Waals surface area (Å²) in [6.07, 6.45) is 6.82. The van der Waals surface area contributed by atoms with E-state index in [1.54, 1.807) is 0 Å². The molecule has 1 saturated carbocycles. The van der Waals surface area contributed by atoms with Gasteiger partial charge in [0.2, 0.25) is 0 Å². The lowest BCUT2D eigenvalue weighted by Crippen LogP contribution is -2.59. The Morgan fingerprint density at radius 2 is 1.95 bits per heavy atom. The van der Waals surface area contributed by atoms with Crippen LogP contribution in [0, 0.1) is 0 Å². The van der Waals surface area contributed by atoms with Crippen molar-refractivity contribution < 1.29 is 4.74 Å². The van der Waals surface area contributed by atoms with Crippen LogP contribution in [-0.2, 0) is 4.74 Å². The Hall–Kier alpha value is -0.610. The largest absolute Gasteiger partial charge is 0.365 e. The minimum Gasteiger partial charge on any atom is -0.365 e. The van der Waals surface area contributed by atoms with Crippen LogP contribution in [0.1, 0.15) is 39.5 Å². The molecular weight excluding hydrogens is 304 g/mol. The zero-order chi connectivity index (χ0) is 13.5. The third kappa shape index (κ3) is 2.79. The first-order valence-electron chi connectivity index (χ1n) is 7.05. The van der Waals surface area contributed by atoms with E-state index in [1.807, 2.05) is 6.20 Å². The summed E-state index contributed by atoms with van der Waals surface area (Å²) >= 11 is 3.45. The normalized spacial score (nSPS) is 24.9. The Bertz CT molecular complexity index is 452. The maximum atomic E-state index is 6.42. The molecule has 1 aliphatic heterocycles. The fourth-order valence-corrected chi connectivity index (χ4v) is 3.75. The van der Waals surface area contributed by atoms with Crippen LogP contribution >= 0.6 is 15.9 Å². The molecule has 3 nitrogen and oxygen atoms in total. The van der Waals surface area contributed by atoms with E-state index in [0.29, 0.717) is 0 Å². The van der Waals surface area contributed by atoms with Gasteiger partial charge >= 0.3 is 0 Å². The maximum Gasteiger partial charge on any atom is 0.128 e. The highest BCUT2D eigenvalue weighted by Crippen LogP contribution is 2.41. The van der Waals surface area contributed by atoms with Crippen molar-refractivity contribution in [3.05, 3.63) is 22.8 Å². The molecule has 0 amide bonds. The van der Waals surface area contributed by atoms with Gasteiger partial charge in [-0.15, -0.1) is 0 Å². The van der Waals surface area contributed by atoms with Crippen LogP contribution in [0.25, 0.3) is 0 Å². The van der Waals surface area contributed by atoms with E-state index < -0.39 is 0 Å². The van der Waals surface area contributed by atoms with Gasteiger partial charge in [0.05, 0.1) is 11.2 Å². The van der Waals surface area contributed by atoms with E-state index in [2.05, 4.69) is 51.8 Å². The Kier molecular flexibility index (Phi) is 3.34. The molecule has 1 aliphatic carbocycles. The predicted molar refractivity (Wildman–Crippen MR) is 80.5 cm³/mol. The van der Waals surface area contributed by atoms with Crippen molar-refractivity contribution in [2.75, 3.05) is 18.0 Å². The van der Waals surface area contributed by atoms with Crippen LogP contribution in [0.4, 0.5) is 5.82 Å². The van der Waals surface area contributed by atoms with E-state index in [0.717, 1.165) is 23.4 Å². The molecular formula is C15H21BrN2O. The van der Waals surface area contributed by atoms with Gasteiger partial charge in [-0.3, -0.25) is 0 Å². The SMILES string of the molecule is CC1(C)CN(c2ccc(Br)cn2)CC2(CCCC2)O1. The first kappa shape index (κ1) is 13.4. The summed E-state index contributed by atoms with van der Waals surface area (Å²) in [4.78, 5) is 6.94. The van der Waals surface area contributed by atoms with Crippen molar-refractivity contribution in [1.82, 2.24) is 4.98 Å². The van der Waals surface area contributed by atoms with Gasteiger partial charge in [-0.1, -0.05) is 12.8 Å². The van der Waals surface area contributed by atoms with E-state index in [4.69, 9.17) is 4.74 Å². The average Bonchev–Trinajstić information content (AvgIpc) is 2.75. The number of hydrogen-bond acceptors (Lipinski definition) is 3. The molecule has 2 heterocycles. The van der Waals surface area contributed by atoms with Gasteiger partial charge in [-0.05, 0) is 54.8 Å². The number of nitrogens with zero attached hydrogens (tertiary/aromatic N) is 2. The lowest BCUT2D eigenvalue weighted by molar-refractivity contribution is -0.148. The highest BCUT2D eigenvalue weighted by atomic mass is 79.9. The average molecular weight is 325 g/mol. The number of morpholine rings is 1. The second-order valence-electron chi connectivity index (χ2n) is 6.44. The van der Waals surface area contributed by atoms with Crippen LogP contribution in [-0.4, -0.2) is 29.3 Å². The Labute approximate surface area is 123 Å². The van der Waals surface area contributed by atoms with Gasteiger partial charge < -0.3 is 9.64 Å². The number of halogens is 1. The molecule has 4 heteroatoms. The van der Waals surface area contributed by atoms with Gasteiger partial charge in [0.1, 0.15) is 5.82 Å². The summed E-state index contributed by atoms with van der Waals surface area (Å²) in [5.74, 6) is 1.06. The van der Waals surface area contributed by atoms with Crippen molar-refractivity contribution in [2.24, 2.45) is 0 Å². The summed E-state index contributed by atoms with van der Waals surface area (Å²) < 4.78 is 7.45. The number of rotatable bonds is 1. The monoisotopic (exact) mass is 324 g/mol. The third-order valence-corrected chi connectivity index (χ3v) is 4.56. The maximum absolute atomic E-state index is 6.42. The molecule has 0 radical (unpaired) electrons. The van der Waals surface area contributed by atoms with Crippen LogP contribution in [0.2, 0.25) is 0 Å². The summed E-state index contributed by atoms with van der Waals surface area (Å²) in [5.41, 5.74) is -0.0478. The molecule has 104 valence electrons. The topological polar surface area (TPSA) is 25.4 Å². The number of pyridine rings is 1. The molecule has 2 fully saturated rings. The summed E-state index contributed by atoms with van der Waals surface area (Å²) in [5, 5.41) is 0. The van der Waals surface area contributed by atoms with Crippen molar-refractivity contribution in [2.45, 2.75) is 50.7 Å². The number of ether oxygens (including phenoxy) is 1. The fourth-order valence-electron chi connectivity index (χ4n) is 3.51. The highest BCUT2D eigenvalue weighted by Gasteiger charge is 2.46. The fraction of sp³-hybridized carbons (Fsp3) is 0.667. The molecule has 0 unspecified atom stereocenters. The third-order valence-electron chi connectivity index (χ3n) is 4.09. The Morgan fingerprint density at radius 3 is 2.58 bits per heavy atom. The standard InChI is InChI=1S/C15H21BrN2O/c1-14(2)10-18(13-6-5-12(16)9-17-13)11-15(19-14)7-3-4-8-15/h5-6,9H,3-4,7-8,10-11H2,1-2H3. The van der Waals surface area contributed by atoms with Crippen LogP contribution < -0.4 is 4.90 Å². The van der Waals surface area contributed by atoms with E-state index in [9.17, 15) is 0 Å². The predicted octanol–water partition coefficient (Wildman–Crippen LogP) is 3.77. The number of anilines is 1. The molecule has 2 aliphatic rings. The summed E-state index contributed by atoms with van der Waals surface area (Å²) in [6, 6.07) is 4.15. The van der Waals surface area contributed by atoms with Crippen molar-refractivity contribution in [1.29, 1.82) is 0 Å². The number of hydrogen-bond donors (Lipinski definition) is 0. The zero-order valence-electron chi connectivity index (χ0n) is 11.7. The minimum absolute atomic E-state index is 0.0521. The molecule has 0 atom stereocenters. The first-order chi connectivity index (χ1) is 8.98. The van der Waals surface area contributed by atoms with Crippen LogP contribution in [0.5, 0.6) is 0 Å². The van der Waals surface area contributed by atoms with E-state index >= 15 is 0 Å². The number of aromatic nitrogens is 1. The highest BCUT2D eigenvalue weighted by molar-refractivity contribution is 9.10. The molecule has 3 rings (SSSR count). The zero-order valence-corrected chi connectivity index (χ0v) is 13.2. The molecule has 0 N–H and O–H groups in total. The first-order valence-corrected chi connectivity index (χ1v) is 7.84. The molecule has 0 bridgehead atoms. The van der Waals surface area contributed by atoms with E-state index in [-0.39, 0.29) is 11.2 Å². The quantitative estimate of drug-likeness (QED) is 0.786. The second kappa shape index (κ2) is 4.74. The minimum atomic E-state index is -0.0999.